The minimum Gasteiger partial charge on any atom is -0.493 e. The summed E-state index contributed by atoms with van der Waals surface area (Å²) in [6.45, 7) is 1.07. The van der Waals surface area contributed by atoms with Crippen molar-refractivity contribution in [3.8, 4) is 17.6 Å². The molecule has 24 heavy (non-hydrogen) atoms. The molecule has 1 aromatic rings. The van der Waals surface area contributed by atoms with Crippen LogP contribution in [-0.2, 0) is 9.59 Å². The Morgan fingerprint density at radius 3 is 2.58 bits per heavy atom. The van der Waals surface area contributed by atoms with E-state index in [0.29, 0.717) is 37.4 Å². The van der Waals surface area contributed by atoms with E-state index in [9.17, 15) is 9.59 Å². The number of likely N-dealkylation sites (tertiary alicyclic amines) is 1. The van der Waals surface area contributed by atoms with Gasteiger partial charge >= 0.3 is 0 Å². The molecular weight excluding hydrogens is 310 g/mol. The van der Waals surface area contributed by atoms with Gasteiger partial charge in [0.05, 0.1) is 13.2 Å². The number of hydrogen-bond donors (Lipinski definition) is 1. The Bertz CT molecular complexity index is 619. The number of benzene rings is 1. The molecule has 1 aliphatic heterocycles. The van der Waals surface area contributed by atoms with Crippen LogP contribution in [0.4, 0.5) is 0 Å². The number of hydrogen-bond acceptors (Lipinski definition) is 5. The van der Waals surface area contributed by atoms with Gasteiger partial charge in [-0.1, -0.05) is 12.1 Å². The number of rotatable bonds is 6. The van der Waals surface area contributed by atoms with E-state index in [1.807, 2.05) is 18.2 Å². The smallest absolute Gasteiger partial charge is 0.260 e. The van der Waals surface area contributed by atoms with Gasteiger partial charge in [0.1, 0.15) is 6.42 Å². The maximum absolute atomic E-state index is 12.2. The van der Waals surface area contributed by atoms with E-state index in [4.69, 9.17) is 14.7 Å². The molecular formula is C17H21N3O4. The summed E-state index contributed by atoms with van der Waals surface area (Å²) in [5.74, 6) is 0.765. The van der Waals surface area contributed by atoms with Crippen molar-refractivity contribution >= 4 is 11.8 Å². The molecule has 1 aliphatic rings. The first-order valence-electron chi connectivity index (χ1n) is 7.84. The zero-order chi connectivity index (χ0) is 17.4. The highest BCUT2D eigenvalue weighted by Gasteiger charge is 2.24. The number of nitrogens with one attached hydrogen (secondary N) is 1. The van der Waals surface area contributed by atoms with E-state index in [2.05, 4.69) is 5.32 Å². The zero-order valence-corrected chi connectivity index (χ0v) is 13.7. The van der Waals surface area contributed by atoms with Crippen LogP contribution in [0.3, 0.4) is 0 Å². The Morgan fingerprint density at radius 2 is 1.96 bits per heavy atom. The molecule has 0 atom stereocenters. The van der Waals surface area contributed by atoms with Crippen LogP contribution in [0.15, 0.2) is 24.3 Å². The number of para-hydroxylation sites is 2. The molecule has 2 amide bonds. The fraction of sp³-hybridized carbons (Fsp3) is 0.471. The van der Waals surface area contributed by atoms with E-state index >= 15 is 0 Å². The summed E-state index contributed by atoms with van der Waals surface area (Å²) in [7, 11) is 1.55. The molecule has 0 aromatic heterocycles. The molecule has 1 N–H and O–H groups in total. The molecule has 0 saturated carbocycles. The molecule has 2 rings (SSSR count). The van der Waals surface area contributed by atoms with Crippen LogP contribution in [0.1, 0.15) is 19.3 Å². The van der Waals surface area contributed by atoms with Gasteiger partial charge in [0, 0.05) is 19.1 Å². The topological polar surface area (TPSA) is 91.7 Å². The first-order valence-corrected chi connectivity index (χ1v) is 7.84. The number of methoxy groups -OCH3 is 1. The Morgan fingerprint density at radius 1 is 1.29 bits per heavy atom. The number of amides is 2. The highest BCUT2D eigenvalue weighted by atomic mass is 16.5. The minimum atomic E-state index is -0.262. The number of nitriles is 1. The van der Waals surface area contributed by atoms with E-state index in [1.54, 1.807) is 24.1 Å². The van der Waals surface area contributed by atoms with Crippen LogP contribution >= 0.6 is 0 Å². The largest absolute Gasteiger partial charge is 0.493 e. The summed E-state index contributed by atoms with van der Waals surface area (Å²) < 4.78 is 10.7. The molecule has 0 bridgehead atoms. The van der Waals surface area contributed by atoms with Crippen molar-refractivity contribution in [2.24, 2.45) is 0 Å². The standard InChI is InChI=1S/C17H21N3O4/c1-23-14-4-2-3-5-15(14)24-12-17(22)20-10-7-13(8-11-20)19-16(21)6-9-18/h2-5,13H,6-8,10-12H2,1H3,(H,19,21). The first-order chi connectivity index (χ1) is 11.6. The summed E-state index contributed by atoms with van der Waals surface area (Å²) in [4.78, 5) is 25.4. The van der Waals surface area contributed by atoms with Gasteiger partial charge in [-0.2, -0.15) is 5.26 Å². The number of nitrogens with zero attached hydrogens (tertiary/aromatic N) is 2. The van der Waals surface area contributed by atoms with Crippen LogP contribution in [-0.4, -0.2) is 49.6 Å². The fourth-order valence-corrected chi connectivity index (χ4v) is 2.59. The third-order valence-corrected chi connectivity index (χ3v) is 3.87. The molecule has 0 spiro atoms. The number of ether oxygens (including phenoxy) is 2. The second-order valence-electron chi connectivity index (χ2n) is 5.50. The van der Waals surface area contributed by atoms with Crippen molar-refractivity contribution in [2.75, 3.05) is 26.8 Å². The van der Waals surface area contributed by atoms with Gasteiger partial charge in [0.2, 0.25) is 5.91 Å². The van der Waals surface area contributed by atoms with Gasteiger partial charge in [-0.25, -0.2) is 0 Å². The van der Waals surface area contributed by atoms with Gasteiger partial charge in [-0.15, -0.1) is 0 Å². The van der Waals surface area contributed by atoms with Gasteiger partial charge < -0.3 is 19.7 Å². The van der Waals surface area contributed by atoms with Gasteiger partial charge in [0.15, 0.2) is 18.1 Å². The number of carbonyl (C=O) groups excluding carboxylic acids is 2. The molecule has 0 unspecified atom stereocenters. The Labute approximate surface area is 141 Å². The Balaban J connectivity index is 1.77. The monoisotopic (exact) mass is 331 g/mol. The second kappa shape index (κ2) is 8.77. The third kappa shape index (κ3) is 4.88. The number of piperidine rings is 1. The van der Waals surface area contributed by atoms with E-state index < -0.39 is 0 Å². The molecule has 1 saturated heterocycles. The van der Waals surface area contributed by atoms with Crippen LogP contribution < -0.4 is 14.8 Å². The lowest BCUT2D eigenvalue weighted by Gasteiger charge is -2.32. The number of carbonyl (C=O) groups is 2. The van der Waals surface area contributed by atoms with E-state index in [0.717, 1.165) is 0 Å². The highest BCUT2D eigenvalue weighted by molar-refractivity contribution is 5.79. The van der Waals surface area contributed by atoms with Crippen molar-refractivity contribution in [2.45, 2.75) is 25.3 Å². The lowest BCUT2D eigenvalue weighted by atomic mass is 10.0. The third-order valence-electron chi connectivity index (χ3n) is 3.87. The molecule has 7 nitrogen and oxygen atoms in total. The average molecular weight is 331 g/mol. The van der Waals surface area contributed by atoms with Crippen LogP contribution in [0.25, 0.3) is 0 Å². The SMILES string of the molecule is COc1ccccc1OCC(=O)N1CCC(NC(=O)CC#N)CC1. The van der Waals surface area contributed by atoms with Crippen molar-refractivity contribution < 1.29 is 19.1 Å². The minimum absolute atomic E-state index is 0.0186. The molecule has 1 aromatic carbocycles. The Hall–Kier alpha value is -2.75. The summed E-state index contributed by atoms with van der Waals surface area (Å²) in [6.07, 6.45) is 1.22. The average Bonchev–Trinajstić information content (AvgIpc) is 2.60. The molecule has 0 radical (unpaired) electrons. The summed E-state index contributed by atoms with van der Waals surface area (Å²) in [5.41, 5.74) is 0. The second-order valence-corrected chi connectivity index (χ2v) is 5.50. The lowest BCUT2D eigenvalue weighted by molar-refractivity contribution is -0.134. The lowest BCUT2D eigenvalue weighted by Crippen LogP contribution is -2.47. The molecule has 0 aliphatic carbocycles. The van der Waals surface area contributed by atoms with Crippen molar-refractivity contribution in [3.05, 3.63) is 24.3 Å². The zero-order valence-electron chi connectivity index (χ0n) is 13.7. The normalized spacial score (nSPS) is 14.6. The van der Waals surface area contributed by atoms with Crippen LogP contribution in [0.5, 0.6) is 11.5 Å². The molecule has 128 valence electrons. The summed E-state index contributed by atoms with van der Waals surface area (Å²) in [6, 6.07) is 9.02. The van der Waals surface area contributed by atoms with Crippen molar-refractivity contribution in [3.63, 3.8) is 0 Å². The van der Waals surface area contributed by atoms with Crippen LogP contribution in [0, 0.1) is 11.3 Å². The maximum Gasteiger partial charge on any atom is 0.260 e. The molecule has 1 heterocycles. The molecule has 7 heteroatoms. The summed E-state index contributed by atoms with van der Waals surface area (Å²) >= 11 is 0. The van der Waals surface area contributed by atoms with E-state index in [1.165, 1.54) is 0 Å². The van der Waals surface area contributed by atoms with Crippen molar-refractivity contribution in [1.29, 1.82) is 5.26 Å². The van der Waals surface area contributed by atoms with Gasteiger partial charge in [-0.05, 0) is 25.0 Å². The van der Waals surface area contributed by atoms with E-state index in [-0.39, 0.29) is 30.9 Å². The van der Waals surface area contributed by atoms with Crippen LogP contribution in [0.2, 0.25) is 0 Å². The van der Waals surface area contributed by atoms with Gasteiger partial charge in [0.25, 0.3) is 5.91 Å². The molecule has 1 fully saturated rings. The fourth-order valence-electron chi connectivity index (χ4n) is 2.59. The predicted molar refractivity (Wildman–Crippen MR) is 86.5 cm³/mol. The Kier molecular flexibility index (Phi) is 6.43. The van der Waals surface area contributed by atoms with Crippen molar-refractivity contribution in [1.82, 2.24) is 10.2 Å². The maximum atomic E-state index is 12.2. The first kappa shape index (κ1) is 17.6. The van der Waals surface area contributed by atoms with Gasteiger partial charge in [-0.3, -0.25) is 9.59 Å². The predicted octanol–water partition coefficient (Wildman–Crippen LogP) is 1.09. The summed E-state index contributed by atoms with van der Waals surface area (Å²) in [5, 5.41) is 11.3. The quantitative estimate of drug-likeness (QED) is 0.842. The highest BCUT2D eigenvalue weighted by Crippen LogP contribution is 2.25.